The molecule has 1 aromatic carbocycles. The van der Waals surface area contributed by atoms with Crippen molar-refractivity contribution in [1.29, 1.82) is 0 Å². The zero-order valence-corrected chi connectivity index (χ0v) is 9.16. The van der Waals surface area contributed by atoms with Crippen LogP contribution in [-0.2, 0) is 0 Å². The summed E-state index contributed by atoms with van der Waals surface area (Å²) in [4.78, 5) is 10.5. The van der Waals surface area contributed by atoms with E-state index in [0.717, 1.165) is 0 Å². The van der Waals surface area contributed by atoms with Gasteiger partial charge in [-0.1, -0.05) is 23.2 Å². The highest BCUT2D eigenvalue weighted by molar-refractivity contribution is 6.42. The third-order valence-electron chi connectivity index (χ3n) is 1.77. The van der Waals surface area contributed by atoms with Crippen molar-refractivity contribution in [2.45, 2.75) is 0 Å². The van der Waals surface area contributed by atoms with Crippen molar-refractivity contribution in [3.05, 3.63) is 34.1 Å². The van der Waals surface area contributed by atoms with Gasteiger partial charge in [0.2, 0.25) is 5.89 Å². The summed E-state index contributed by atoms with van der Waals surface area (Å²) < 4.78 is 4.90. The van der Waals surface area contributed by atoms with E-state index in [1.807, 2.05) is 0 Å². The lowest BCUT2D eigenvalue weighted by Gasteiger charge is -1.97. The lowest BCUT2D eigenvalue weighted by atomic mass is 10.2. The van der Waals surface area contributed by atoms with Gasteiger partial charge in [-0.15, -0.1) is 10.2 Å². The molecule has 0 aliphatic rings. The average Bonchev–Trinajstić information content (AvgIpc) is 2.71. The molecular formula is C9H4Cl2N2O3. The highest BCUT2D eigenvalue weighted by atomic mass is 35.5. The molecule has 0 aliphatic heterocycles. The number of nitrogens with zero attached hydrogens (tertiary/aromatic N) is 2. The Balaban J connectivity index is 2.42. The van der Waals surface area contributed by atoms with Gasteiger partial charge in [0.25, 0.3) is 0 Å². The van der Waals surface area contributed by atoms with Crippen LogP contribution in [-0.4, -0.2) is 21.3 Å². The van der Waals surface area contributed by atoms with Crippen LogP contribution in [0, 0.1) is 0 Å². The Morgan fingerprint density at radius 3 is 2.56 bits per heavy atom. The van der Waals surface area contributed by atoms with E-state index in [1.54, 1.807) is 12.1 Å². The fourth-order valence-corrected chi connectivity index (χ4v) is 1.35. The number of carboxylic acid groups (broad SMARTS) is 1. The maximum absolute atomic E-state index is 10.5. The van der Waals surface area contributed by atoms with Crippen molar-refractivity contribution in [2.75, 3.05) is 0 Å². The van der Waals surface area contributed by atoms with Crippen LogP contribution in [0.25, 0.3) is 11.5 Å². The Morgan fingerprint density at radius 1 is 1.25 bits per heavy atom. The molecule has 5 nitrogen and oxygen atoms in total. The van der Waals surface area contributed by atoms with Gasteiger partial charge < -0.3 is 9.52 Å². The monoisotopic (exact) mass is 258 g/mol. The zero-order chi connectivity index (χ0) is 11.7. The van der Waals surface area contributed by atoms with Crippen LogP contribution in [0.15, 0.2) is 22.6 Å². The van der Waals surface area contributed by atoms with E-state index >= 15 is 0 Å². The summed E-state index contributed by atoms with van der Waals surface area (Å²) in [6.07, 6.45) is 0. The molecule has 0 spiro atoms. The van der Waals surface area contributed by atoms with E-state index < -0.39 is 11.9 Å². The first kappa shape index (κ1) is 10.9. The average molecular weight is 259 g/mol. The topological polar surface area (TPSA) is 76.2 Å². The van der Waals surface area contributed by atoms with Gasteiger partial charge in [-0.25, -0.2) is 4.79 Å². The third-order valence-corrected chi connectivity index (χ3v) is 2.51. The Labute approximate surface area is 99.6 Å². The minimum absolute atomic E-state index is 0.0796. The van der Waals surface area contributed by atoms with E-state index in [4.69, 9.17) is 32.7 Å². The molecule has 0 radical (unpaired) electrons. The van der Waals surface area contributed by atoms with Crippen molar-refractivity contribution in [3.8, 4) is 11.5 Å². The molecule has 0 amide bonds. The van der Waals surface area contributed by atoms with Gasteiger partial charge in [-0.05, 0) is 18.2 Å². The zero-order valence-electron chi connectivity index (χ0n) is 7.65. The number of carbonyl (C=O) groups is 1. The van der Waals surface area contributed by atoms with Crippen LogP contribution in [0.3, 0.4) is 0 Å². The van der Waals surface area contributed by atoms with Crippen LogP contribution in [0.1, 0.15) is 10.7 Å². The number of benzene rings is 1. The van der Waals surface area contributed by atoms with Gasteiger partial charge in [0.05, 0.1) is 10.0 Å². The molecule has 0 bridgehead atoms. The lowest BCUT2D eigenvalue weighted by molar-refractivity contribution is 0.0654. The van der Waals surface area contributed by atoms with Gasteiger partial charge in [0.15, 0.2) is 0 Å². The van der Waals surface area contributed by atoms with Gasteiger partial charge in [-0.3, -0.25) is 0 Å². The first-order valence-corrected chi connectivity index (χ1v) is 4.86. The Hall–Kier alpha value is -1.59. The fraction of sp³-hybridized carbons (Fsp3) is 0. The minimum Gasteiger partial charge on any atom is -0.474 e. The van der Waals surface area contributed by atoms with E-state index in [0.29, 0.717) is 15.6 Å². The Bertz CT molecular complexity index is 553. The SMILES string of the molecule is O=C(O)c1nnc(-c2ccc(Cl)c(Cl)c2)o1. The molecular weight excluding hydrogens is 255 g/mol. The normalized spacial score (nSPS) is 10.4. The maximum Gasteiger partial charge on any atom is 0.393 e. The van der Waals surface area contributed by atoms with Gasteiger partial charge >= 0.3 is 11.9 Å². The smallest absolute Gasteiger partial charge is 0.393 e. The van der Waals surface area contributed by atoms with E-state index in [1.165, 1.54) is 6.07 Å². The molecule has 0 aliphatic carbocycles. The molecule has 1 heterocycles. The summed E-state index contributed by atoms with van der Waals surface area (Å²) >= 11 is 11.5. The van der Waals surface area contributed by atoms with Gasteiger partial charge in [0, 0.05) is 5.56 Å². The van der Waals surface area contributed by atoms with Crippen molar-refractivity contribution < 1.29 is 14.3 Å². The molecule has 0 unspecified atom stereocenters. The Kier molecular flexibility index (Phi) is 2.80. The molecule has 16 heavy (non-hydrogen) atoms. The summed E-state index contributed by atoms with van der Waals surface area (Å²) in [6, 6.07) is 4.68. The predicted molar refractivity (Wildman–Crippen MR) is 56.7 cm³/mol. The first-order valence-electron chi connectivity index (χ1n) is 4.10. The van der Waals surface area contributed by atoms with Crippen LogP contribution in [0.5, 0.6) is 0 Å². The third kappa shape index (κ3) is 2.00. The van der Waals surface area contributed by atoms with Gasteiger partial charge in [0.1, 0.15) is 0 Å². The molecule has 0 fully saturated rings. The van der Waals surface area contributed by atoms with Crippen molar-refractivity contribution in [2.24, 2.45) is 0 Å². The molecule has 2 aromatic rings. The van der Waals surface area contributed by atoms with Crippen LogP contribution in [0.4, 0.5) is 0 Å². The molecule has 7 heteroatoms. The number of aromatic nitrogens is 2. The van der Waals surface area contributed by atoms with Crippen molar-refractivity contribution >= 4 is 29.2 Å². The van der Waals surface area contributed by atoms with E-state index in [2.05, 4.69) is 10.2 Å². The lowest BCUT2D eigenvalue weighted by Crippen LogP contribution is -1.95. The molecule has 0 saturated heterocycles. The number of aromatic carboxylic acids is 1. The molecule has 82 valence electrons. The van der Waals surface area contributed by atoms with Crippen LogP contribution < -0.4 is 0 Å². The summed E-state index contributed by atoms with van der Waals surface area (Å²) in [6.45, 7) is 0. The summed E-state index contributed by atoms with van der Waals surface area (Å²) in [5.74, 6) is -1.67. The number of halogens is 2. The molecule has 0 saturated carbocycles. The van der Waals surface area contributed by atoms with E-state index in [-0.39, 0.29) is 5.89 Å². The minimum atomic E-state index is -1.28. The standard InChI is InChI=1S/C9H4Cl2N2O3/c10-5-2-1-4(3-6(5)11)7-12-13-8(16-7)9(14)15/h1-3H,(H,14,15). The second-order valence-electron chi connectivity index (χ2n) is 2.85. The van der Waals surface area contributed by atoms with Gasteiger partial charge in [-0.2, -0.15) is 0 Å². The predicted octanol–water partition coefficient (Wildman–Crippen LogP) is 2.74. The maximum atomic E-state index is 10.5. The van der Waals surface area contributed by atoms with Crippen LogP contribution >= 0.6 is 23.2 Å². The quantitative estimate of drug-likeness (QED) is 0.897. The first-order chi connectivity index (χ1) is 7.58. The second-order valence-corrected chi connectivity index (χ2v) is 3.66. The molecule has 0 atom stereocenters. The van der Waals surface area contributed by atoms with Crippen molar-refractivity contribution in [3.63, 3.8) is 0 Å². The highest BCUT2D eigenvalue weighted by Gasteiger charge is 2.14. The summed E-state index contributed by atoms with van der Waals surface area (Å²) in [7, 11) is 0. The number of hydrogen-bond donors (Lipinski definition) is 1. The molecule has 1 N–H and O–H groups in total. The van der Waals surface area contributed by atoms with Crippen LogP contribution in [0.2, 0.25) is 10.0 Å². The molecule has 1 aromatic heterocycles. The number of carboxylic acids is 1. The number of hydrogen-bond acceptors (Lipinski definition) is 4. The molecule has 2 rings (SSSR count). The van der Waals surface area contributed by atoms with Crippen molar-refractivity contribution in [1.82, 2.24) is 10.2 Å². The largest absolute Gasteiger partial charge is 0.474 e. The fourth-order valence-electron chi connectivity index (χ4n) is 1.06. The summed E-state index contributed by atoms with van der Waals surface area (Å²) in [5, 5.41) is 16.3. The summed E-state index contributed by atoms with van der Waals surface area (Å²) in [5.41, 5.74) is 0.509. The van der Waals surface area contributed by atoms with E-state index in [9.17, 15) is 4.79 Å². The Morgan fingerprint density at radius 2 is 2.00 bits per heavy atom. The second kappa shape index (κ2) is 4.11. The number of rotatable bonds is 2. The highest BCUT2D eigenvalue weighted by Crippen LogP contribution is 2.27.